The van der Waals surface area contributed by atoms with Crippen molar-refractivity contribution in [2.75, 3.05) is 0 Å². The standard InChI is InChI=1S/C7H7N3.C2H6.H2/c1-5-6-2-3-8-7(6)10-4-9-5;1-2;/h2-4H,1H3,(H,8,9,10);1-2H3;1H. The molecule has 0 saturated carbocycles. The van der Waals surface area contributed by atoms with Crippen molar-refractivity contribution >= 4 is 11.0 Å². The second kappa shape index (κ2) is 3.85. The summed E-state index contributed by atoms with van der Waals surface area (Å²) in [6, 6.07) is 1.98. The number of hydrogen-bond acceptors (Lipinski definition) is 2. The topological polar surface area (TPSA) is 41.6 Å². The summed E-state index contributed by atoms with van der Waals surface area (Å²) in [6.07, 6.45) is 3.43. The van der Waals surface area contributed by atoms with Crippen molar-refractivity contribution in [3.05, 3.63) is 24.3 Å². The number of hydrogen-bond donors (Lipinski definition) is 1. The maximum atomic E-state index is 4.05. The highest BCUT2D eigenvalue weighted by Gasteiger charge is 1.96. The maximum absolute atomic E-state index is 4.05. The lowest BCUT2D eigenvalue weighted by Gasteiger charge is -1.90. The van der Waals surface area contributed by atoms with Crippen LogP contribution in [0.5, 0.6) is 0 Å². The number of H-pyrrole nitrogens is 1. The fourth-order valence-corrected chi connectivity index (χ4v) is 1.00. The van der Waals surface area contributed by atoms with Crippen molar-refractivity contribution in [1.29, 1.82) is 0 Å². The van der Waals surface area contributed by atoms with Crippen LogP contribution in [-0.2, 0) is 0 Å². The Hall–Kier alpha value is -1.38. The second-order valence-electron chi connectivity index (χ2n) is 2.20. The number of rotatable bonds is 0. The number of aromatic nitrogens is 3. The van der Waals surface area contributed by atoms with Crippen molar-refractivity contribution < 1.29 is 1.43 Å². The van der Waals surface area contributed by atoms with E-state index in [0.717, 1.165) is 16.7 Å². The average molecular weight is 165 g/mol. The molecule has 0 atom stereocenters. The molecule has 2 heterocycles. The van der Waals surface area contributed by atoms with E-state index in [9.17, 15) is 0 Å². The number of fused-ring (bicyclic) bond motifs is 1. The van der Waals surface area contributed by atoms with E-state index < -0.39 is 0 Å². The first-order valence-electron chi connectivity index (χ1n) is 4.12. The van der Waals surface area contributed by atoms with Crippen LogP contribution in [0.2, 0.25) is 0 Å². The first-order valence-corrected chi connectivity index (χ1v) is 4.12. The van der Waals surface area contributed by atoms with Crippen LogP contribution in [0.15, 0.2) is 18.6 Å². The van der Waals surface area contributed by atoms with Crippen LogP contribution >= 0.6 is 0 Å². The smallest absolute Gasteiger partial charge is 0.140 e. The molecule has 3 nitrogen and oxygen atoms in total. The predicted octanol–water partition coefficient (Wildman–Crippen LogP) is 2.54. The lowest BCUT2D eigenvalue weighted by atomic mass is 10.3. The Morgan fingerprint density at radius 2 is 2.08 bits per heavy atom. The number of nitrogens with one attached hydrogen (secondary N) is 1. The lowest BCUT2D eigenvalue weighted by molar-refractivity contribution is 1.14. The van der Waals surface area contributed by atoms with Gasteiger partial charge in [0.25, 0.3) is 0 Å². The summed E-state index contributed by atoms with van der Waals surface area (Å²) in [5.41, 5.74) is 1.93. The van der Waals surface area contributed by atoms with E-state index in [4.69, 9.17) is 0 Å². The van der Waals surface area contributed by atoms with Crippen LogP contribution in [0.4, 0.5) is 0 Å². The van der Waals surface area contributed by atoms with Gasteiger partial charge in [0, 0.05) is 13.0 Å². The van der Waals surface area contributed by atoms with Crippen LogP contribution in [0, 0.1) is 6.92 Å². The van der Waals surface area contributed by atoms with Gasteiger partial charge in [-0.05, 0) is 13.0 Å². The monoisotopic (exact) mass is 165 g/mol. The molecule has 0 amide bonds. The van der Waals surface area contributed by atoms with E-state index >= 15 is 0 Å². The third-order valence-corrected chi connectivity index (χ3v) is 1.55. The highest BCUT2D eigenvalue weighted by atomic mass is 14.9. The zero-order chi connectivity index (χ0) is 8.97. The molecule has 0 aromatic carbocycles. The second-order valence-corrected chi connectivity index (χ2v) is 2.20. The van der Waals surface area contributed by atoms with Gasteiger partial charge in [0.05, 0.1) is 5.69 Å². The van der Waals surface area contributed by atoms with E-state index in [1.807, 2.05) is 33.0 Å². The number of aromatic amines is 1. The van der Waals surface area contributed by atoms with E-state index in [1.54, 1.807) is 6.33 Å². The Kier molecular flexibility index (Phi) is 2.80. The molecular formula is C9H15N3. The van der Waals surface area contributed by atoms with Gasteiger partial charge in [-0.1, -0.05) is 13.8 Å². The van der Waals surface area contributed by atoms with Crippen molar-refractivity contribution in [3.63, 3.8) is 0 Å². The minimum atomic E-state index is 0. The zero-order valence-corrected chi connectivity index (χ0v) is 7.63. The third-order valence-electron chi connectivity index (χ3n) is 1.55. The molecule has 0 spiro atoms. The first kappa shape index (κ1) is 8.71. The van der Waals surface area contributed by atoms with Crippen molar-refractivity contribution in [2.45, 2.75) is 20.8 Å². The summed E-state index contributed by atoms with van der Waals surface area (Å²) in [5.74, 6) is 0. The minimum Gasteiger partial charge on any atom is -0.346 e. The Balaban J connectivity index is 0.000000451. The number of aryl methyl sites for hydroxylation is 1. The number of nitrogens with zero attached hydrogens (tertiary/aromatic N) is 2. The lowest BCUT2D eigenvalue weighted by Crippen LogP contribution is -1.83. The fraction of sp³-hybridized carbons (Fsp3) is 0.333. The van der Waals surface area contributed by atoms with Gasteiger partial charge in [-0.25, -0.2) is 9.97 Å². The van der Waals surface area contributed by atoms with Gasteiger partial charge < -0.3 is 4.98 Å². The molecule has 0 saturated heterocycles. The molecular weight excluding hydrogens is 150 g/mol. The molecule has 66 valence electrons. The first-order chi connectivity index (χ1) is 5.88. The zero-order valence-electron chi connectivity index (χ0n) is 7.63. The van der Waals surface area contributed by atoms with Crippen molar-refractivity contribution in [1.82, 2.24) is 15.0 Å². The molecule has 0 aliphatic rings. The van der Waals surface area contributed by atoms with Gasteiger partial charge in [0.1, 0.15) is 12.0 Å². The van der Waals surface area contributed by atoms with Crippen molar-refractivity contribution in [2.24, 2.45) is 0 Å². The Bertz CT molecular complexity index is 356. The molecule has 2 aromatic heterocycles. The predicted molar refractivity (Wildman–Crippen MR) is 52.1 cm³/mol. The highest BCUT2D eigenvalue weighted by molar-refractivity contribution is 5.77. The van der Waals surface area contributed by atoms with E-state index in [1.165, 1.54) is 0 Å². The molecule has 0 radical (unpaired) electrons. The summed E-state index contributed by atoms with van der Waals surface area (Å²) < 4.78 is 0. The Morgan fingerprint density at radius 1 is 1.33 bits per heavy atom. The third kappa shape index (κ3) is 1.44. The SMILES string of the molecule is CC.Cc1ncnc2[nH]ccc12.[HH]. The molecule has 2 rings (SSSR count). The normalized spacial score (nSPS) is 9.25. The largest absolute Gasteiger partial charge is 0.346 e. The van der Waals surface area contributed by atoms with E-state index in [2.05, 4.69) is 15.0 Å². The minimum absolute atomic E-state index is 0. The molecule has 0 fully saturated rings. The van der Waals surface area contributed by atoms with Gasteiger partial charge in [0.2, 0.25) is 0 Å². The van der Waals surface area contributed by atoms with E-state index in [0.29, 0.717) is 0 Å². The fourth-order valence-electron chi connectivity index (χ4n) is 1.00. The Morgan fingerprint density at radius 3 is 2.75 bits per heavy atom. The molecule has 12 heavy (non-hydrogen) atoms. The maximum Gasteiger partial charge on any atom is 0.140 e. The average Bonchev–Trinajstić information content (AvgIpc) is 2.57. The van der Waals surface area contributed by atoms with Crippen molar-refractivity contribution in [3.8, 4) is 0 Å². The summed E-state index contributed by atoms with van der Waals surface area (Å²) in [4.78, 5) is 11.1. The van der Waals surface area contributed by atoms with Crippen LogP contribution in [0.25, 0.3) is 11.0 Å². The molecule has 0 aliphatic carbocycles. The van der Waals surface area contributed by atoms with Gasteiger partial charge in [-0.3, -0.25) is 0 Å². The molecule has 1 N–H and O–H groups in total. The van der Waals surface area contributed by atoms with Crippen LogP contribution in [0.1, 0.15) is 21.0 Å². The molecule has 0 aliphatic heterocycles. The van der Waals surface area contributed by atoms with Crippen LogP contribution in [-0.4, -0.2) is 15.0 Å². The molecule has 0 bridgehead atoms. The van der Waals surface area contributed by atoms with Gasteiger partial charge in [0.15, 0.2) is 0 Å². The molecule has 2 aromatic rings. The van der Waals surface area contributed by atoms with E-state index in [-0.39, 0.29) is 1.43 Å². The highest BCUT2D eigenvalue weighted by Crippen LogP contribution is 2.10. The Labute approximate surface area is 73.3 Å². The van der Waals surface area contributed by atoms with Gasteiger partial charge >= 0.3 is 0 Å². The van der Waals surface area contributed by atoms with Crippen LogP contribution in [0.3, 0.4) is 0 Å². The van der Waals surface area contributed by atoms with Crippen LogP contribution < -0.4 is 0 Å². The molecule has 3 heteroatoms. The summed E-state index contributed by atoms with van der Waals surface area (Å²) >= 11 is 0. The summed E-state index contributed by atoms with van der Waals surface area (Å²) in [5, 5.41) is 1.10. The van der Waals surface area contributed by atoms with Gasteiger partial charge in [-0.2, -0.15) is 0 Å². The quantitative estimate of drug-likeness (QED) is 0.651. The summed E-state index contributed by atoms with van der Waals surface area (Å²) in [6.45, 7) is 5.97. The van der Waals surface area contributed by atoms with Gasteiger partial charge in [-0.15, -0.1) is 0 Å². The summed E-state index contributed by atoms with van der Waals surface area (Å²) in [7, 11) is 0. The molecule has 0 unspecified atom stereocenters.